The van der Waals surface area contributed by atoms with Crippen LogP contribution < -0.4 is 15.5 Å². The van der Waals surface area contributed by atoms with Crippen LogP contribution in [-0.2, 0) is 33.5 Å². The Hall–Kier alpha value is -4.85. The first-order valence-electron chi connectivity index (χ1n) is 28.4. The van der Waals surface area contributed by atoms with Crippen LogP contribution in [-0.4, -0.2) is 168 Å². The molecule has 2 N–H and O–H groups in total. The van der Waals surface area contributed by atoms with Crippen LogP contribution in [0.15, 0.2) is 42.0 Å². The second kappa shape index (κ2) is 25.1. The Kier molecular flexibility index (Phi) is 19.6. The lowest BCUT2D eigenvalue weighted by atomic mass is 9.64. The van der Waals surface area contributed by atoms with Gasteiger partial charge in [-0.2, -0.15) is 13.2 Å². The number of morpholine rings is 1. The van der Waals surface area contributed by atoms with Gasteiger partial charge in [-0.3, -0.25) is 28.8 Å². The number of rotatable bonds is 12. The number of allylic oxidation sites excluding steroid dienone is 3. The number of carbonyl (C=O) groups excluding carboxylic acids is 6. The van der Waals surface area contributed by atoms with Gasteiger partial charge in [0, 0.05) is 78.2 Å². The average molecular weight is 1140 g/mol. The molecule has 0 radical (unpaired) electrons. The smallest absolute Gasteiger partial charge is 0.372 e. The number of halogens is 7. The number of nitrogens with zero attached hydrogens (tertiary/aromatic N) is 5. The fourth-order valence-corrected chi connectivity index (χ4v) is 12.5. The topological polar surface area (TPSA) is 152 Å². The van der Waals surface area contributed by atoms with Gasteiger partial charge >= 0.3 is 6.18 Å². The van der Waals surface area contributed by atoms with Gasteiger partial charge < -0.3 is 39.9 Å². The molecule has 3 aliphatic carbocycles. The van der Waals surface area contributed by atoms with E-state index in [-0.39, 0.29) is 48.0 Å². The van der Waals surface area contributed by atoms with Crippen molar-refractivity contribution in [1.29, 1.82) is 0 Å². The molecule has 14 nitrogen and oxygen atoms in total. The van der Waals surface area contributed by atoms with Gasteiger partial charge in [0.1, 0.15) is 30.3 Å². The fraction of sp³-hybridized carbons (Fsp3) is 0.724. The maximum Gasteiger partial charge on any atom is 0.403 e. The van der Waals surface area contributed by atoms with Gasteiger partial charge in [-0.25, -0.2) is 13.2 Å². The molecule has 1 aromatic rings. The zero-order chi connectivity index (χ0) is 57.9. The van der Waals surface area contributed by atoms with E-state index < -0.39 is 115 Å². The summed E-state index contributed by atoms with van der Waals surface area (Å²) in [6, 6.07) is 2.46. The van der Waals surface area contributed by atoms with E-state index in [1.807, 2.05) is 32.9 Å². The molecule has 79 heavy (non-hydrogen) atoms. The predicted octanol–water partition coefficient (Wildman–Crippen LogP) is 8.85. The van der Waals surface area contributed by atoms with Gasteiger partial charge in [0.25, 0.3) is 5.92 Å². The Bertz CT molecular complexity index is 2440. The monoisotopic (exact) mass is 1140 g/mol. The van der Waals surface area contributed by atoms with E-state index >= 15 is 4.79 Å². The van der Waals surface area contributed by atoms with Crippen molar-refractivity contribution in [3.8, 4) is 0 Å². The summed E-state index contributed by atoms with van der Waals surface area (Å²) < 4.78 is 91.8. The summed E-state index contributed by atoms with van der Waals surface area (Å²) in [5.74, 6) is -9.22. The second-order valence-electron chi connectivity index (χ2n) is 24.4. The van der Waals surface area contributed by atoms with Crippen LogP contribution in [0.4, 0.5) is 32.0 Å². The zero-order valence-corrected chi connectivity index (χ0v) is 47.9. The minimum Gasteiger partial charge on any atom is -0.372 e. The Morgan fingerprint density at radius 1 is 0.937 bits per heavy atom. The number of likely N-dealkylation sites (tertiary alicyclic amines) is 1. The van der Waals surface area contributed by atoms with E-state index in [4.69, 9.17) is 16.3 Å². The van der Waals surface area contributed by atoms with Gasteiger partial charge in [-0.1, -0.05) is 82.7 Å². The molecule has 6 amide bonds. The average Bonchev–Trinajstić information content (AvgIpc) is 4.15. The molecule has 0 bridgehead atoms. The number of likely N-dealkylation sites (N-methyl/N-ethyl adjacent to an activating group) is 3. The Labute approximate surface area is 466 Å². The van der Waals surface area contributed by atoms with Crippen molar-refractivity contribution in [1.82, 2.24) is 30.2 Å². The van der Waals surface area contributed by atoms with E-state index in [1.165, 1.54) is 16.8 Å². The van der Waals surface area contributed by atoms with Gasteiger partial charge in [0.15, 0.2) is 5.41 Å². The number of alkyl halides is 7. The standard InChI is InChI=1S/C58H82ClF6N7O7/c1-35(2)27-45-51(75)70(8)47(30-43-36(3)44(59)23-22-42(43)37-18-20-40(21-19-37)71-25-26-79-55(4,5)34-71)52(76)68(6)24-14-12-10-9-11-13-15-41(29-48(73)66-45)69(7)53(77)49(38-16-17-38)67-50(74)46-28-39(60)31-72(46)54(78)56(58(63,64)65)32-57(61,62)33-56/h18-23,35-36,38-39,41,44-47,49H,9-17,24-34H2,1-8H3,(H,66,73)(H,67,74)/t36?,39-,41?,44?,45+,46+,47+,49?/m1/s1. The second-order valence-corrected chi connectivity index (χ2v) is 24.9. The number of anilines is 1. The maximum absolute atomic E-state index is 15.0. The number of hydrogen-bond donors (Lipinski definition) is 2. The summed E-state index contributed by atoms with van der Waals surface area (Å²) in [5.41, 5.74) is 0.0515. The van der Waals surface area contributed by atoms with Crippen LogP contribution in [0.5, 0.6) is 0 Å². The van der Waals surface area contributed by atoms with Crippen molar-refractivity contribution in [2.45, 2.75) is 190 Å². The lowest BCUT2D eigenvalue weighted by Crippen LogP contribution is -2.65. The lowest BCUT2D eigenvalue weighted by molar-refractivity contribution is -0.299. The molecule has 440 valence electrons. The van der Waals surface area contributed by atoms with E-state index in [9.17, 15) is 50.3 Å². The van der Waals surface area contributed by atoms with Crippen molar-refractivity contribution in [2.75, 3.05) is 58.8 Å². The summed E-state index contributed by atoms with van der Waals surface area (Å²) in [4.78, 5) is 93.5. The van der Waals surface area contributed by atoms with Crippen LogP contribution in [0.25, 0.3) is 5.57 Å². The van der Waals surface area contributed by atoms with Gasteiger partial charge in [-0.15, -0.1) is 11.6 Å². The molecule has 1 aromatic carbocycles. The first-order chi connectivity index (χ1) is 37.0. The maximum atomic E-state index is 15.0. The minimum absolute atomic E-state index is 0.0889. The predicted molar refractivity (Wildman–Crippen MR) is 290 cm³/mol. The largest absolute Gasteiger partial charge is 0.403 e. The molecular weight excluding hydrogens is 1060 g/mol. The van der Waals surface area contributed by atoms with E-state index in [0.29, 0.717) is 50.2 Å². The SMILES string of the molecule is CC(C)C[C@@H]1NC(=O)CC(N(C)C(=O)C(NC(=O)[C@@H]2C[C@@H](F)CN2C(=O)C2(C(F)(F)F)CC(F)(F)C2)C2CC2)CCCCCCCCN(C)C(=O)[C@H](CC2=C(c3ccc(N4CCOC(C)(C)C4)cc3)C=CC(Cl)C2C)N(C)C1=O. The molecule has 21 heteroatoms. The molecule has 8 atom stereocenters. The first kappa shape index (κ1) is 61.8. The number of ether oxygens (including phenoxy) is 1. The van der Waals surface area contributed by atoms with Gasteiger partial charge in [-0.05, 0) is 93.4 Å². The summed E-state index contributed by atoms with van der Waals surface area (Å²) in [6.45, 7) is 11.6. The minimum atomic E-state index is -5.39. The normalized spacial score (nSPS) is 28.9. The third-order valence-electron chi connectivity index (χ3n) is 17.2. The summed E-state index contributed by atoms with van der Waals surface area (Å²) in [5, 5.41) is 5.18. The van der Waals surface area contributed by atoms with Crippen molar-refractivity contribution in [3.63, 3.8) is 0 Å². The summed E-state index contributed by atoms with van der Waals surface area (Å²) in [7, 11) is 4.84. The number of carbonyl (C=O) groups is 6. The van der Waals surface area contributed by atoms with Crippen molar-refractivity contribution in [2.24, 2.45) is 23.2 Å². The molecule has 6 aliphatic rings. The van der Waals surface area contributed by atoms with E-state index in [0.717, 1.165) is 61.2 Å². The highest BCUT2D eigenvalue weighted by Crippen LogP contribution is 2.61. The Morgan fingerprint density at radius 2 is 1.58 bits per heavy atom. The van der Waals surface area contributed by atoms with E-state index in [2.05, 4.69) is 53.6 Å². The zero-order valence-electron chi connectivity index (χ0n) is 47.1. The Morgan fingerprint density at radius 3 is 2.19 bits per heavy atom. The highest BCUT2D eigenvalue weighted by molar-refractivity contribution is 6.22. The first-order valence-corrected chi connectivity index (χ1v) is 28.8. The molecule has 3 heterocycles. The molecule has 2 saturated carbocycles. The Balaban J connectivity index is 1.11. The van der Waals surface area contributed by atoms with Crippen LogP contribution in [0.1, 0.15) is 136 Å². The molecule has 7 rings (SSSR count). The highest BCUT2D eigenvalue weighted by atomic mass is 35.5. The van der Waals surface area contributed by atoms with E-state index in [1.54, 1.807) is 19.0 Å². The highest BCUT2D eigenvalue weighted by Gasteiger charge is 2.75. The fourth-order valence-electron chi connectivity index (χ4n) is 12.3. The number of amides is 6. The van der Waals surface area contributed by atoms with Crippen molar-refractivity contribution >= 4 is 58.3 Å². The lowest BCUT2D eigenvalue weighted by Gasteiger charge is -2.48. The number of benzene rings is 1. The molecule has 0 spiro atoms. The molecular formula is C58H82ClF6N7O7. The van der Waals surface area contributed by atoms with Crippen LogP contribution in [0.3, 0.4) is 0 Å². The van der Waals surface area contributed by atoms with Crippen molar-refractivity contribution < 1.29 is 59.8 Å². The van der Waals surface area contributed by atoms with Crippen LogP contribution in [0.2, 0.25) is 0 Å². The molecule has 5 fully saturated rings. The van der Waals surface area contributed by atoms with Gasteiger partial charge in [0.05, 0.1) is 24.1 Å². The van der Waals surface area contributed by atoms with Crippen LogP contribution in [0, 0.1) is 23.2 Å². The molecule has 4 unspecified atom stereocenters. The quantitative estimate of drug-likeness (QED) is 0.156. The number of nitrogens with one attached hydrogen (secondary N) is 2. The van der Waals surface area contributed by atoms with Gasteiger partial charge in [0.2, 0.25) is 35.4 Å². The third-order valence-corrected chi connectivity index (χ3v) is 17.7. The molecule has 3 aliphatic heterocycles. The summed E-state index contributed by atoms with van der Waals surface area (Å²) >= 11 is 6.96. The van der Waals surface area contributed by atoms with Crippen LogP contribution >= 0.6 is 11.6 Å². The third kappa shape index (κ3) is 14.6. The molecule has 0 aromatic heterocycles. The van der Waals surface area contributed by atoms with Crippen molar-refractivity contribution in [3.05, 3.63) is 47.6 Å². The number of hydrogen-bond acceptors (Lipinski definition) is 8. The molecule has 3 saturated heterocycles. The summed E-state index contributed by atoms with van der Waals surface area (Å²) in [6.07, 6.45) is -1.61.